The minimum absolute atomic E-state index is 0.0375. The van der Waals surface area contributed by atoms with Crippen LogP contribution >= 0.6 is 0 Å². The van der Waals surface area contributed by atoms with E-state index in [9.17, 15) is 15.2 Å². The summed E-state index contributed by atoms with van der Waals surface area (Å²) in [6.07, 6.45) is 3.57. The molecule has 1 aliphatic heterocycles. The SMILES string of the molecule is Cc1ncc([N+](=O)[O-])n1CCN1CC(O)(C2CC2)C1. The van der Waals surface area contributed by atoms with Gasteiger partial charge >= 0.3 is 5.82 Å². The van der Waals surface area contributed by atoms with Gasteiger partial charge in [-0.05, 0) is 23.7 Å². The van der Waals surface area contributed by atoms with Crippen LogP contribution in [0.15, 0.2) is 6.20 Å². The molecule has 0 atom stereocenters. The average Bonchev–Trinajstić information content (AvgIpc) is 3.08. The lowest BCUT2D eigenvalue weighted by Gasteiger charge is -2.46. The maximum Gasteiger partial charge on any atom is 0.342 e. The lowest BCUT2D eigenvalue weighted by molar-refractivity contribution is -0.392. The Morgan fingerprint density at radius 3 is 2.79 bits per heavy atom. The zero-order chi connectivity index (χ0) is 13.6. The van der Waals surface area contributed by atoms with Gasteiger partial charge < -0.3 is 15.2 Å². The van der Waals surface area contributed by atoms with Gasteiger partial charge in [-0.15, -0.1) is 0 Å². The Labute approximate surface area is 111 Å². The molecule has 0 unspecified atom stereocenters. The molecule has 2 aliphatic rings. The summed E-state index contributed by atoms with van der Waals surface area (Å²) in [5, 5.41) is 21.1. The van der Waals surface area contributed by atoms with E-state index < -0.39 is 10.5 Å². The normalized spacial score (nSPS) is 22.2. The van der Waals surface area contributed by atoms with Crippen molar-refractivity contribution in [3.8, 4) is 0 Å². The van der Waals surface area contributed by atoms with Gasteiger partial charge in [-0.3, -0.25) is 4.90 Å². The van der Waals surface area contributed by atoms with Gasteiger partial charge in [0.1, 0.15) is 12.7 Å². The summed E-state index contributed by atoms with van der Waals surface area (Å²) < 4.78 is 1.62. The number of aryl methyl sites for hydroxylation is 1. The van der Waals surface area contributed by atoms with Crippen LogP contribution in [0.1, 0.15) is 18.7 Å². The maximum absolute atomic E-state index is 10.9. The Morgan fingerprint density at radius 1 is 1.53 bits per heavy atom. The smallest absolute Gasteiger partial charge is 0.342 e. The third-order valence-corrected chi connectivity index (χ3v) is 4.19. The largest absolute Gasteiger partial charge is 0.387 e. The molecule has 0 bridgehead atoms. The number of rotatable bonds is 5. The first-order valence-corrected chi connectivity index (χ1v) is 6.61. The highest BCUT2D eigenvalue weighted by Gasteiger charge is 2.51. The van der Waals surface area contributed by atoms with Crippen LogP contribution in [0.5, 0.6) is 0 Å². The van der Waals surface area contributed by atoms with Crippen molar-refractivity contribution in [2.24, 2.45) is 5.92 Å². The van der Waals surface area contributed by atoms with E-state index in [1.165, 1.54) is 6.20 Å². The molecule has 7 heteroatoms. The first kappa shape index (κ1) is 12.6. The highest BCUT2D eigenvalue weighted by molar-refractivity contribution is 5.18. The summed E-state index contributed by atoms with van der Waals surface area (Å²) in [5.41, 5.74) is -0.490. The Kier molecular flexibility index (Phi) is 2.83. The van der Waals surface area contributed by atoms with E-state index >= 15 is 0 Å². The number of likely N-dealkylation sites (tertiary alicyclic amines) is 1. The van der Waals surface area contributed by atoms with Gasteiger partial charge in [0.15, 0.2) is 5.82 Å². The van der Waals surface area contributed by atoms with Crippen LogP contribution in [0.4, 0.5) is 5.82 Å². The van der Waals surface area contributed by atoms with Crippen molar-refractivity contribution in [2.75, 3.05) is 19.6 Å². The molecule has 1 aliphatic carbocycles. The summed E-state index contributed by atoms with van der Waals surface area (Å²) in [6.45, 7) is 4.41. The van der Waals surface area contributed by atoms with Gasteiger partial charge in [-0.25, -0.2) is 9.55 Å². The van der Waals surface area contributed by atoms with Crippen molar-refractivity contribution in [3.63, 3.8) is 0 Å². The quantitative estimate of drug-likeness (QED) is 0.621. The molecule has 1 saturated heterocycles. The zero-order valence-corrected chi connectivity index (χ0v) is 10.9. The molecule has 19 heavy (non-hydrogen) atoms. The number of hydrogen-bond donors (Lipinski definition) is 1. The molecule has 1 N–H and O–H groups in total. The molecule has 7 nitrogen and oxygen atoms in total. The molecule has 0 radical (unpaired) electrons. The van der Waals surface area contributed by atoms with E-state index in [4.69, 9.17) is 0 Å². The first-order valence-electron chi connectivity index (χ1n) is 6.61. The van der Waals surface area contributed by atoms with Crippen molar-refractivity contribution in [1.29, 1.82) is 0 Å². The summed E-state index contributed by atoms with van der Waals surface area (Å²) in [5.74, 6) is 1.17. The van der Waals surface area contributed by atoms with Crippen LogP contribution < -0.4 is 0 Å². The molecule has 0 spiro atoms. The van der Waals surface area contributed by atoms with E-state index in [2.05, 4.69) is 9.88 Å². The van der Waals surface area contributed by atoms with Crippen molar-refractivity contribution < 1.29 is 10.0 Å². The molecule has 1 aromatic heterocycles. The monoisotopic (exact) mass is 266 g/mol. The minimum atomic E-state index is -0.490. The topological polar surface area (TPSA) is 84.4 Å². The van der Waals surface area contributed by atoms with Crippen LogP contribution in [-0.2, 0) is 6.54 Å². The van der Waals surface area contributed by atoms with Crippen LogP contribution in [-0.4, -0.2) is 49.7 Å². The molecule has 104 valence electrons. The van der Waals surface area contributed by atoms with Crippen molar-refractivity contribution >= 4 is 5.82 Å². The first-order chi connectivity index (χ1) is 8.99. The highest BCUT2D eigenvalue weighted by atomic mass is 16.6. The van der Waals surface area contributed by atoms with Gasteiger partial charge in [-0.1, -0.05) is 0 Å². The summed E-state index contributed by atoms with van der Waals surface area (Å²) >= 11 is 0. The standard InChI is InChI=1S/C12H18N4O3/c1-9-13-6-11(16(18)19)15(9)5-4-14-7-12(17,8-14)10-2-3-10/h6,10,17H,2-5,7-8H2,1H3. The average molecular weight is 266 g/mol. The minimum Gasteiger partial charge on any atom is -0.387 e. The van der Waals surface area contributed by atoms with E-state index in [1.807, 2.05) is 0 Å². The van der Waals surface area contributed by atoms with Crippen LogP contribution in [0.2, 0.25) is 0 Å². The fraction of sp³-hybridized carbons (Fsp3) is 0.750. The third kappa shape index (κ3) is 2.23. The number of imidazole rings is 1. The Morgan fingerprint density at radius 2 is 2.21 bits per heavy atom. The Hall–Kier alpha value is -1.47. The fourth-order valence-corrected chi connectivity index (χ4v) is 2.88. The van der Waals surface area contributed by atoms with Crippen molar-refractivity contribution in [1.82, 2.24) is 14.5 Å². The number of aromatic nitrogens is 2. The van der Waals surface area contributed by atoms with Crippen molar-refractivity contribution in [3.05, 3.63) is 22.1 Å². The van der Waals surface area contributed by atoms with Gasteiger partial charge in [-0.2, -0.15) is 0 Å². The lowest BCUT2D eigenvalue weighted by atomic mass is 9.89. The molecule has 2 heterocycles. The van der Waals surface area contributed by atoms with E-state index in [0.29, 0.717) is 37.9 Å². The second-order valence-electron chi connectivity index (χ2n) is 5.66. The van der Waals surface area contributed by atoms with Crippen LogP contribution in [0, 0.1) is 23.0 Å². The number of hydrogen-bond acceptors (Lipinski definition) is 5. The molecular formula is C12H18N4O3. The maximum atomic E-state index is 10.9. The summed E-state index contributed by atoms with van der Waals surface area (Å²) in [6, 6.07) is 0. The van der Waals surface area contributed by atoms with E-state index in [0.717, 1.165) is 12.8 Å². The van der Waals surface area contributed by atoms with E-state index in [1.54, 1.807) is 11.5 Å². The molecule has 3 rings (SSSR count). The predicted octanol–water partition coefficient (Wildman–Crippen LogP) is 0.556. The molecule has 1 aromatic rings. The third-order valence-electron chi connectivity index (χ3n) is 4.19. The van der Waals surface area contributed by atoms with Crippen LogP contribution in [0.25, 0.3) is 0 Å². The summed E-state index contributed by atoms with van der Waals surface area (Å²) in [4.78, 5) is 16.6. The number of nitro groups is 1. The van der Waals surface area contributed by atoms with Gasteiger partial charge in [0.25, 0.3) is 0 Å². The Balaban J connectivity index is 1.56. The lowest BCUT2D eigenvalue weighted by Crippen LogP contribution is -2.63. The van der Waals surface area contributed by atoms with Gasteiger partial charge in [0.05, 0.1) is 5.60 Å². The second kappa shape index (κ2) is 4.28. The number of nitrogens with zero attached hydrogens (tertiary/aromatic N) is 4. The van der Waals surface area contributed by atoms with Crippen LogP contribution in [0.3, 0.4) is 0 Å². The van der Waals surface area contributed by atoms with Gasteiger partial charge in [0.2, 0.25) is 0 Å². The summed E-state index contributed by atoms with van der Waals surface area (Å²) in [7, 11) is 0. The molecule has 1 saturated carbocycles. The molecule has 0 amide bonds. The van der Waals surface area contributed by atoms with Crippen molar-refractivity contribution in [2.45, 2.75) is 31.9 Å². The van der Waals surface area contributed by atoms with E-state index in [-0.39, 0.29) is 5.82 Å². The molecule has 0 aromatic carbocycles. The van der Waals surface area contributed by atoms with Gasteiger partial charge in [0, 0.05) is 26.6 Å². The number of β-amino-alcohol motifs (C(OH)–C–C–N with tert-alkyl or cyclic N) is 1. The molecular weight excluding hydrogens is 248 g/mol. The Bertz CT molecular complexity index is 503. The second-order valence-corrected chi connectivity index (χ2v) is 5.66. The zero-order valence-electron chi connectivity index (χ0n) is 10.9. The number of aliphatic hydroxyl groups is 1. The fourth-order valence-electron chi connectivity index (χ4n) is 2.88. The highest BCUT2D eigenvalue weighted by Crippen LogP contribution is 2.44. The molecule has 2 fully saturated rings. The predicted molar refractivity (Wildman–Crippen MR) is 67.7 cm³/mol.